The molecular formula is C29H40F3N3O4S. The average molecular weight is 584 g/mol. The predicted octanol–water partition coefficient (Wildman–Crippen LogP) is 6.26. The summed E-state index contributed by atoms with van der Waals surface area (Å²) in [5, 5.41) is 3.11. The minimum Gasteiger partial charge on any atom is -0.404 e. The van der Waals surface area contributed by atoms with Gasteiger partial charge in [0.1, 0.15) is 16.7 Å². The van der Waals surface area contributed by atoms with Crippen molar-refractivity contribution in [2.24, 2.45) is 5.92 Å². The van der Waals surface area contributed by atoms with E-state index in [1.54, 1.807) is 32.9 Å². The molecule has 1 saturated heterocycles. The van der Waals surface area contributed by atoms with E-state index in [0.29, 0.717) is 42.5 Å². The number of aromatic nitrogens is 1. The Morgan fingerprint density at radius 1 is 1.07 bits per heavy atom. The monoisotopic (exact) mass is 583 g/mol. The van der Waals surface area contributed by atoms with E-state index in [-0.39, 0.29) is 16.8 Å². The highest BCUT2D eigenvalue weighted by molar-refractivity contribution is 7.83. The maximum atomic E-state index is 13.4. The third-order valence-corrected chi connectivity index (χ3v) is 8.93. The number of carbonyl (C=O) groups excluding carboxylic acids is 1. The van der Waals surface area contributed by atoms with Gasteiger partial charge >= 0.3 is 6.36 Å². The number of nitrogens with zero attached hydrogens (tertiary/aromatic N) is 1. The Morgan fingerprint density at radius 2 is 1.75 bits per heavy atom. The zero-order valence-electron chi connectivity index (χ0n) is 23.7. The molecule has 1 atom stereocenters. The molecular weight excluding hydrogens is 543 g/mol. The van der Waals surface area contributed by atoms with Crippen LogP contribution in [0, 0.1) is 12.8 Å². The number of alkyl halides is 3. The first-order valence-electron chi connectivity index (χ1n) is 14.0. The predicted molar refractivity (Wildman–Crippen MR) is 148 cm³/mol. The summed E-state index contributed by atoms with van der Waals surface area (Å²) in [4.78, 5) is 13.3. The molecule has 2 aliphatic rings. The molecule has 2 fully saturated rings. The highest BCUT2D eigenvalue weighted by Gasteiger charge is 2.34. The minimum atomic E-state index is -4.96. The van der Waals surface area contributed by atoms with Crippen molar-refractivity contribution in [2.75, 3.05) is 13.2 Å². The highest BCUT2D eigenvalue weighted by atomic mass is 32.2. The molecule has 1 aliphatic heterocycles. The van der Waals surface area contributed by atoms with Gasteiger partial charge in [0, 0.05) is 48.3 Å². The molecule has 1 unspecified atom stereocenters. The van der Waals surface area contributed by atoms with E-state index >= 15 is 0 Å². The Balaban J connectivity index is 1.74. The Labute approximate surface area is 236 Å². The first-order valence-corrected chi connectivity index (χ1v) is 15.1. The van der Waals surface area contributed by atoms with Gasteiger partial charge in [0.2, 0.25) is 0 Å². The van der Waals surface area contributed by atoms with Crippen LogP contribution in [0.25, 0.3) is 11.3 Å². The zero-order chi connectivity index (χ0) is 29.1. The quantitative estimate of drug-likeness (QED) is 0.384. The Hall–Kier alpha value is -2.37. The molecule has 2 heterocycles. The van der Waals surface area contributed by atoms with Crippen LogP contribution in [0.1, 0.15) is 81.8 Å². The topological polar surface area (TPSA) is 81.6 Å². The molecule has 0 spiro atoms. The van der Waals surface area contributed by atoms with Crippen LogP contribution >= 0.6 is 0 Å². The lowest BCUT2D eigenvalue weighted by Crippen LogP contribution is -2.39. The maximum Gasteiger partial charge on any atom is 0.573 e. The summed E-state index contributed by atoms with van der Waals surface area (Å²) >= 11 is 0. The molecule has 2 aromatic rings. The van der Waals surface area contributed by atoms with Gasteiger partial charge in [-0.2, -0.15) is 0 Å². The summed E-state index contributed by atoms with van der Waals surface area (Å²) in [6.45, 7) is 9.07. The van der Waals surface area contributed by atoms with E-state index in [2.05, 4.69) is 14.8 Å². The summed E-state index contributed by atoms with van der Waals surface area (Å²) < 4.78 is 67.9. The van der Waals surface area contributed by atoms with Crippen LogP contribution in [-0.4, -0.2) is 45.8 Å². The largest absolute Gasteiger partial charge is 0.573 e. The van der Waals surface area contributed by atoms with Crippen molar-refractivity contribution < 1.29 is 31.6 Å². The number of amides is 1. The van der Waals surface area contributed by atoms with E-state index in [9.17, 15) is 22.2 Å². The summed E-state index contributed by atoms with van der Waals surface area (Å²) in [7, 11) is -1.94. The van der Waals surface area contributed by atoms with Crippen LogP contribution in [0.2, 0.25) is 0 Å². The molecule has 0 radical (unpaired) electrons. The number of ether oxygens (including phenoxy) is 2. The molecule has 11 heteroatoms. The smallest absolute Gasteiger partial charge is 0.404 e. The van der Waals surface area contributed by atoms with Gasteiger partial charge in [-0.25, -0.2) is 8.93 Å². The van der Waals surface area contributed by atoms with Crippen molar-refractivity contribution in [2.45, 2.75) is 102 Å². The normalized spacial score (nSPS) is 18.5. The van der Waals surface area contributed by atoms with Crippen molar-refractivity contribution in [3.63, 3.8) is 0 Å². The van der Waals surface area contributed by atoms with Gasteiger partial charge in [-0.05, 0) is 77.5 Å². The standard InChI is InChI=1S/C29H40F3N3O4S/c1-19-23(27(36)33-22-12-14-38-15-13-22)17-24(35(19)18-20-8-6-5-7-9-20)21-10-11-26(40(37)34-28(2,3)4)25(16-21)39-29(30,31)32/h10-11,16-17,20,22,34H,5-9,12-15,18H2,1-4H3,(H,33,36). The Bertz CT molecular complexity index is 1210. The van der Waals surface area contributed by atoms with Crippen LogP contribution in [0.3, 0.4) is 0 Å². The number of benzene rings is 1. The SMILES string of the molecule is Cc1c(C(=O)NC2CCOCC2)cc(-c2ccc(S(=O)NC(C)(C)C)c(OC(F)(F)F)c2)n1CC1CCCCC1. The number of carbonyl (C=O) groups is 1. The van der Waals surface area contributed by atoms with Crippen LogP contribution in [0.5, 0.6) is 5.75 Å². The minimum absolute atomic E-state index is 0.0159. The van der Waals surface area contributed by atoms with Crippen molar-refractivity contribution in [3.05, 3.63) is 35.5 Å². The second-order valence-electron chi connectivity index (χ2n) is 11.8. The molecule has 1 saturated carbocycles. The first kappa shape index (κ1) is 30.6. The Morgan fingerprint density at radius 3 is 2.38 bits per heavy atom. The lowest BCUT2D eigenvalue weighted by Gasteiger charge is -2.25. The van der Waals surface area contributed by atoms with Gasteiger partial charge in [-0.1, -0.05) is 25.3 Å². The fourth-order valence-electron chi connectivity index (χ4n) is 5.44. The highest BCUT2D eigenvalue weighted by Crippen LogP contribution is 2.36. The first-order chi connectivity index (χ1) is 18.8. The number of hydrogen-bond acceptors (Lipinski definition) is 4. The van der Waals surface area contributed by atoms with Crippen molar-refractivity contribution in [1.82, 2.24) is 14.6 Å². The van der Waals surface area contributed by atoms with Crippen LogP contribution < -0.4 is 14.8 Å². The molecule has 40 heavy (non-hydrogen) atoms. The van der Waals surface area contributed by atoms with Crippen molar-refractivity contribution >= 4 is 16.9 Å². The number of halogens is 3. The molecule has 0 bridgehead atoms. The van der Waals surface area contributed by atoms with E-state index < -0.39 is 28.6 Å². The summed E-state index contributed by atoms with van der Waals surface area (Å²) in [6, 6.07) is 6.09. The Kier molecular flexibility index (Phi) is 9.67. The lowest BCUT2D eigenvalue weighted by molar-refractivity contribution is -0.275. The molecule has 1 aliphatic carbocycles. The van der Waals surface area contributed by atoms with Gasteiger partial charge in [-0.15, -0.1) is 13.2 Å². The second kappa shape index (κ2) is 12.7. The molecule has 1 aromatic carbocycles. The van der Waals surface area contributed by atoms with Gasteiger partial charge in [-0.3, -0.25) is 4.79 Å². The fraction of sp³-hybridized carbons (Fsp3) is 0.621. The van der Waals surface area contributed by atoms with Gasteiger partial charge < -0.3 is 19.4 Å². The number of nitrogens with one attached hydrogen (secondary N) is 2. The zero-order valence-corrected chi connectivity index (χ0v) is 24.5. The van der Waals surface area contributed by atoms with Crippen molar-refractivity contribution in [1.29, 1.82) is 0 Å². The van der Waals surface area contributed by atoms with E-state index in [0.717, 1.165) is 44.2 Å². The molecule has 222 valence electrons. The molecule has 4 rings (SSSR count). The molecule has 7 nitrogen and oxygen atoms in total. The van der Waals surface area contributed by atoms with Crippen molar-refractivity contribution in [3.8, 4) is 17.0 Å². The molecule has 1 aromatic heterocycles. The van der Waals surface area contributed by atoms with Crippen LogP contribution in [0.4, 0.5) is 13.2 Å². The van der Waals surface area contributed by atoms with Crippen LogP contribution in [-0.2, 0) is 22.3 Å². The number of rotatable bonds is 8. The second-order valence-corrected chi connectivity index (χ2v) is 13.0. The van der Waals surface area contributed by atoms with Gasteiger partial charge in [0.25, 0.3) is 5.91 Å². The van der Waals surface area contributed by atoms with E-state index in [1.165, 1.54) is 18.6 Å². The van der Waals surface area contributed by atoms with Gasteiger partial charge in [0.15, 0.2) is 0 Å². The third-order valence-electron chi connectivity index (χ3n) is 7.40. The summed E-state index contributed by atoms with van der Waals surface area (Å²) in [6.07, 6.45) is 2.13. The fourth-order valence-corrected chi connectivity index (χ4v) is 6.58. The summed E-state index contributed by atoms with van der Waals surface area (Å²) in [5.41, 5.74) is 1.76. The molecule has 1 amide bonds. The third kappa shape index (κ3) is 8.10. The van der Waals surface area contributed by atoms with Crippen LogP contribution in [0.15, 0.2) is 29.2 Å². The van der Waals surface area contributed by atoms with Gasteiger partial charge in [0.05, 0.1) is 10.5 Å². The average Bonchev–Trinajstić information content (AvgIpc) is 3.19. The lowest BCUT2D eigenvalue weighted by atomic mass is 9.89. The van der Waals surface area contributed by atoms with E-state index in [4.69, 9.17) is 4.74 Å². The number of hydrogen-bond donors (Lipinski definition) is 2. The van der Waals surface area contributed by atoms with E-state index in [1.807, 2.05) is 11.5 Å². The molecule has 2 N–H and O–H groups in total. The summed E-state index contributed by atoms with van der Waals surface area (Å²) in [5.74, 6) is -0.318. The maximum absolute atomic E-state index is 13.4.